The molecule has 2 atom stereocenters. The first-order valence-electron chi connectivity index (χ1n) is 7.69. The Morgan fingerprint density at radius 3 is 2.64 bits per heavy atom. The van der Waals surface area contributed by atoms with Gasteiger partial charge in [-0.25, -0.2) is 4.98 Å². The number of nitrogens with zero attached hydrogens (tertiary/aromatic N) is 2. The number of hydrogen-bond acceptors (Lipinski definition) is 4. The molecule has 3 N–H and O–H groups in total. The van der Waals surface area contributed by atoms with E-state index in [4.69, 9.17) is 5.73 Å². The summed E-state index contributed by atoms with van der Waals surface area (Å²) in [4.78, 5) is 16.3. The van der Waals surface area contributed by atoms with Gasteiger partial charge in [-0.05, 0) is 11.8 Å². The molecular weight excluding hydrogens is 379 g/mol. The number of carbonyl (C=O) groups excluding carboxylic acids is 1. The van der Waals surface area contributed by atoms with Crippen molar-refractivity contribution in [2.45, 2.75) is 31.2 Å². The number of rotatable bonds is 8. The van der Waals surface area contributed by atoms with E-state index in [1.165, 1.54) is 5.56 Å². The molecule has 1 heterocycles. The molecule has 1 aromatic heterocycles. The highest BCUT2D eigenvalue weighted by Gasteiger charge is 2.16. The van der Waals surface area contributed by atoms with Crippen LogP contribution in [0.1, 0.15) is 18.2 Å². The van der Waals surface area contributed by atoms with E-state index in [2.05, 4.69) is 29.4 Å². The van der Waals surface area contributed by atoms with E-state index in [1.807, 2.05) is 35.2 Å². The first-order chi connectivity index (χ1) is 11.1. The van der Waals surface area contributed by atoms with Crippen LogP contribution in [0.25, 0.3) is 0 Å². The van der Waals surface area contributed by atoms with Crippen molar-refractivity contribution in [1.29, 1.82) is 0 Å². The van der Waals surface area contributed by atoms with Crippen LogP contribution >= 0.6 is 36.6 Å². The monoisotopic (exact) mass is 404 g/mol. The summed E-state index contributed by atoms with van der Waals surface area (Å²) in [5, 5.41) is 3.27. The van der Waals surface area contributed by atoms with Gasteiger partial charge in [-0.1, -0.05) is 37.3 Å². The molecule has 1 unspecified atom stereocenters. The van der Waals surface area contributed by atoms with Gasteiger partial charge in [0.1, 0.15) is 0 Å². The number of nitrogens with one attached hydrogen (secondary N) is 1. The van der Waals surface area contributed by atoms with E-state index in [1.54, 1.807) is 18.1 Å². The molecule has 1 aromatic carbocycles. The molecule has 0 aliphatic rings. The maximum atomic E-state index is 12.0. The van der Waals surface area contributed by atoms with Crippen molar-refractivity contribution in [3.05, 3.63) is 54.1 Å². The minimum Gasteiger partial charge on any atom is -0.354 e. The van der Waals surface area contributed by atoms with E-state index in [0.717, 1.165) is 12.2 Å². The molecule has 8 heteroatoms. The molecular formula is C17H26Cl2N4OS. The molecule has 0 bridgehead atoms. The van der Waals surface area contributed by atoms with Gasteiger partial charge in [-0.15, -0.1) is 24.8 Å². The SMILES string of the molecule is CSC(C)CNC(=O)[C@@H](N)Cc1cn(Cc2ccccc2)cn1.Cl.Cl. The molecule has 0 aliphatic heterocycles. The van der Waals surface area contributed by atoms with E-state index in [-0.39, 0.29) is 30.7 Å². The Morgan fingerprint density at radius 1 is 1.32 bits per heavy atom. The van der Waals surface area contributed by atoms with Crippen molar-refractivity contribution in [3.63, 3.8) is 0 Å². The molecule has 0 saturated heterocycles. The number of thioether (sulfide) groups is 1. The summed E-state index contributed by atoms with van der Waals surface area (Å²) in [5.74, 6) is -0.122. The lowest BCUT2D eigenvalue weighted by Gasteiger charge is -2.13. The standard InChI is InChI=1S/C17H24N4OS.2ClH/c1-13(23-2)9-19-17(22)16(18)8-15-11-21(12-20-15)10-14-6-4-3-5-7-14;;/h3-7,11-13,16H,8-10,18H2,1-2H3,(H,19,22);2*1H/t13?,16-;;/m0../s1. The highest BCUT2D eigenvalue weighted by atomic mass is 35.5. The molecule has 25 heavy (non-hydrogen) atoms. The van der Waals surface area contributed by atoms with Crippen molar-refractivity contribution >= 4 is 42.5 Å². The summed E-state index contributed by atoms with van der Waals surface area (Å²) in [5.41, 5.74) is 8.02. The number of imidazole rings is 1. The van der Waals surface area contributed by atoms with Crippen molar-refractivity contribution in [1.82, 2.24) is 14.9 Å². The Labute approximate surface area is 166 Å². The Morgan fingerprint density at radius 2 is 2.00 bits per heavy atom. The van der Waals surface area contributed by atoms with Gasteiger partial charge >= 0.3 is 0 Å². The summed E-state index contributed by atoms with van der Waals surface area (Å²) >= 11 is 1.72. The summed E-state index contributed by atoms with van der Waals surface area (Å²) in [6, 6.07) is 9.62. The Kier molecular flexibility index (Phi) is 11.6. The Bertz CT molecular complexity index is 624. The van der Waals surface area contributed by atoms with Crippen molar-refractivity contribution in [3.8, 4) is 0 Å². The molecule has 5 nitrogen and oxygen atoms in total. The van der Waals surface area contributed by atoms with Gasteiger partial charge in [0, 0.05) is 31.0 Å². The van der Waals surface area contributed by atoms with Crippen LogP contribution in [0.4, 0.5) is 0 Å². The summed E-state index contributed by atoms with van der Waals surface area (Å²) in [6.07, 6.45) is 6.20. The molecule has 0 saturated carbocycles. The quantitative estimate of drug-likeness (QED) is 0.708. The van der Waals surface area contributed by atoms with Gasteiger partial charge in [0.15, 0.2) is 0 Å². The van der Waals surface area contributed by atoms with Crippen LogP contribution in [0.3, 0.4) is 0 Å². The van der Waals surface area contributed by atoms with Crippen LogP contribution in [0, 0.1) is 0 Å². The molecule has 0 spiro atoms. The largest absolute Gasteiger partial charge is 0.354 e. The first kappa shape index (κ1) is 23.8. The number of benzene rings is 1. The number of halogens is 2. The molecule has 0 aliphatic carbocycles. The minimum absolute atomic E-state index is 0. The van der Waals surface area contributed by atoms with Gasteiger partial charge in [0.2, 0.25) is 5.91 Å². The molecule has 1 amide bonds. The van der Waals surface area contributed by atoms with E-state index < -0.39 is 6.04 Å². The van der Waals surface area contributed by atoms with Crippen LogP contribution in [-0.2, 0) is 17.8 Å². The van der Waals surface area contributed by atoms with Crippen molar-refractivity contribution in [2.75, 3.05) is 12.8 Å². The van der Waals surface area contributed by atoms with Crippen LogP contribution in [-0.4, -0.2) is 39.6 Å². The van der Waals surface area contributed by atoms with Crippen LogP contribution in [0.15, 0.2) is 42.9 Å². The Balaban J connectivity index is 0.00000288. The third-order valence-electron chi connectivity index (χ3n) is 3.63. The van der Waals surface area contributed by atoms with Crippen molar-refractivity contribution in [2.24, 2.45) is 5.73 Å². The van der Waals surface area contributed by atoms with Gasteiger partial charge in [-0.2, -0.15) is 11.8 Å². The Hall–Kier alpha value is -1.21. The van der Waals surface area contributed by atoms with E-state index in [9.17, 15) is 4.79 Å². The average Bonchev–Trinajstić information content (AvgIpc) is 3.00. The smallest absolute Gasteiger partial charge is 0.237 e. The second-order valence-electron chi connectivity index (χ2n) is 5.63. The summed E-state index contributed by atoms with van der Waals surface area (Å²) < 4.78 is 2.01. The lowest BCUT2D eigenvalue weighted by atomic mass is 10.1. The fourth-order valence-electron chi connectivity index (χ4n) is 2.17. The molecule has 2 rings (SSSR count). The maximum absolute atomic E-state index is 12.0. The molecule has 0 fully saturated rings. The number of aromatic nitrogens is 2. The number of hydrogen-bond donors (Lipinski definition) is 2. The third kappa shape index (κ3) is 8.14. The highest BCUT2D eigenvalue weighted by molar-refractivity contribution is 7.99. The predicted octanol–water partition coefficient (Wildman–Crippen LogP) is 2.51. The van der Waals surface area contributed by atoms with E-state index >= 15 is 0 Å². The maximum Gasteiger partial charge on any atom is 0.237 e. The molecule has 2 aromatic rings. The van der Waals surface area contributed by atoms with Gasteiger partial charge in [-0.3, -0.25) is 4.79 Å². The minimum atomic E-state index is -0.566. The van der Waals surface area contributed by atoms with Crippen LogP contribution < -0.4 is 11.1 Å². The second kappa shape index (κ2) is 12.2. The van der Waals surface area contributed by atoms with Gasteiger partial charge < -0.3 is 15.6 Å². The van der Waals surface area contributed by atoms with Gasteiger partial charge in [0.25, 0.3) is 0 Å². The molecule has 140 valence electrons. The second-order valence-corrected chi connectivity index (χ2v) is 6.90. The topological polar surface area (TPSA) is 72.9 Å². The average molecular weight is 405 g/mol. The fraction of sp³-hybridized carbons (Fsp3) is 0.412. The van der Waals surface area contributed by atoms with Crippen LogP contribution in [0.5, 0.6) is 0 Å². The fourth-order valence-corrected chi connectivity index (χ4v) is 2.42. The zero-order chi connectivity index (χ0) is 16.7. The lowest BCUT2D eigenvalue weighted by molar-refractivity contribution is -0.122. The van der Waals surface area contributed by atoms with Crippen LogP contribution in [0.2, 0.25) is 0 Å². The molecule has 0 radical (unpaired) electrons. The lowest BCUT2D eigenvalue weighted by Crippen LogP contribution is -2.43. The zero-order valence-corrected chi connectivity index (χ0v) is 16.9. The normalized spacial score (nSPS) is 12.4. The zero-order valence-electron chi connectivity index (χ0n) is 14.4. The summed E-state index contributed by atoms with van der Waals surface area (Å²) in [7, 11) is 0. The predicted molar refractivity (Wildman–Crippen MR) is 110 cm³/mol. The van der Waals surface area contributed by atoms with Crippen molar-refractivity contribution < 1.29 is 4.79 Å². The van der Waals surface area contributed by atoms with E-state index in [0.29, 0.717) is 18.2 Å². The summed E-state index contributed by atoms with van der Waals surface area (Å²) in [6.45, 7) is 3.47. The third-order valence-corrected chi connectivity index (χ3v) is 4.60. The number of nitrogens with two attached hydrogens (primary N) is 1. The number of amides is 1. The number of carbonyl (C=O) groups is 1. The van der Waals surface area contributed by atoms with Gasteiger partial charge in [0.05, 0.1) is 18.1 Å². The first-order valence-corrected chi connectivity index (χ1v) is 8.98. The highest BCUT2D eigenvalue weighted by Crippen LogP contribution is 2.06.